The van der Waals surface area contributed by atoms with Crippen LogP contribution < -0.4 is 11.2 Å². The number of nitrogens with zero attached hydrogens (tertiary/aromatic N) is 4. The summed E-state index contributed by atoms with van der Waals surface area (Å²) < 4.78 is 10.4. The van der Waals surface area contributed by atoms with Crippen molar-refractivity contribution in [3.05, 3.63) is 60.0 Å². The number of aromatic nitrogens is 4. The van der Waals surface area contributed by atoms with Gasteiger partial charge in [-0.05, 0) is 30.7 Å². The van der Waals surface area contributed by atoms with Crippen molar-refractivity contribution >= 4 is 45.6 Å². The number of thiazole rings is 1. The molecule has 0 saturated heterocycles. The highest BCUT2D eigenvalue weighted by molar-refractivity contribution is 8.00. The number of hydrogen-bond acceptors (Lipinski definition) is 7. The number of thioether (sulfide) groups is 1. The number of aliphatic hydroxyl groups is 1. The minimum atomic E-state index is -0.405. The third-order valence-electron chi connectivity index (χ3n) is 5.59. The van der Waals surface area contributed by atoms with Crippen molar-refractivity contribution < 1.29 is 9.52 Å². The first-order chi connectivity index (χ1) is 14.8. The third-order valence-corrected chi connectivity index (χ3v) is 7.97. The van der Waals surface area contributed by atoms with Gasteiger partial charge < -0.3 is 14.1 Å². The number of halogens is 1. The van der Waals surface area contributed by atoms with Crippen molar-refractivity contribution in [1.29, 1.82) is 0 Å². The Balaban J connectivity index is 1.96. The second-order valence-electron chi connectivity index (χ2n) is 7.49. The van der Waals surface area contributed by atoms with E-state index in [0.717, 1.165) is 15.3 Å². The zero-order valence-electron chi connectivity index (χ0n) is 17.0. The van der Waals surface area contributed by atoms with Crippen LogP contribution in [0, 0.1) is 6.92 Å². The number of hydrogen-bond donors (Lipinski definition) is 1. The fourth-order valence-electron chi connectivity index (χ4n) is 4.21. The largest absolute Gasteiger partial charge is 0.448 e. The van der Waals surface area contributed by atoms with Gasteiger partial charge in [-0.15, -0.1) is 23.1 Å². The average molecular weight is 479 g/mol. The van der Waals surface area contributed by atoms with E-state index in [2.05, 4.69) is 4.98 Å². The molecule has 0 aliphatic carbocycles. The number of furan rings is 1. The van der Waals surface area contributed by atoms with Crippen molar-refractivity contribution in [2.24, 2.45) is 14.1 Å². The molecule has 8 nitrogen and oxygen atoms in total. The quantitative estimate of drug-likeness (QED) is 0.486. The lowest BCUT2D eigenvalue weighted by Crippen LogP contribution is -2.37. The number of fused-ring (bicyclic) bond motifs is 3. The van der Waals surface area contributed by atoms with E-state index in [1.165, 1.54) is 34.7 Å². The minimum Gasteiger partial charge on any atom is -0.448 e. The second-order valence-corrected chi connectivity index (χ2v) is 10.3. The number of rotatable bonds is 3. The van der Waals surface area contributed by atoms with E-state index in [9.17, 15) is 14.7 Å². The Hall–Kier alpha value is -2.27. The van der Waals surface area contributed by atoms with Gasteiger partial charge >= 0.3 is 5.69 Å². The van der Waals surface area contributed by atoms with Crippen LogP contribution in [0.5, 0.6) is 0 Å². The number of aryl methyl sites for hydroxylation is 2. The summed E-state index contributed by atoms with van der Waals surface area (Å²) in [7, 11) is 3.14. The van der Waals surface area contributed by atoms with E-state index in [4.69, 9.17) is 16.0 Å². The maximum atomic E-state index is 13.3. The molecule has 11 heteroatoms. The average Bonchev–Trinajstić information content (AvgIpc) is 3.46. The van der Waals surface area contributed by atoms with E-state index in [1.54, 1.807) is 19.2 Å². The summed E-state index contributed by atoms with van der Waals surface area (Å²) in [6.45, 7) is 2.33. The smallest absolute Gasteiger partial charge is 0.331 e. The summed E-state index contributed by atoms with van der Waals surface area (Å²) in [5.74, 6) is 0.600. The van der Waals surface area contributed by atoms with Gasteiger partial charge in [0.25, 0.3) is 5.56 Å². The molecule has 0 aromatic carbocycles. The molecule has 0 unspecified atom stereocenters. The van der Waals surface area contributed by atoms with Crippen LogP contribution in [0.15, 0.2) is 31.5 Å². The molecule has 0 amide bonds. The Morgan fingerprint density at radius 2 is 2.06 bits per heavy atom. The summed E-state index contributed by atoms with van der Waals surface area (Å²) in [5, 5.41) is 13.0. The molecule has 0 spiro atoms. The van der Waals surface area contributed by atoms with Crippen molar-refractivity contribution in [2.75, 3.05) is 6.61 Å². The molecule has 1 aliphatic rings. The van der Waals surface area contributed by atoms with Crippen LogP contribution in [0.3, 0.4) is 0 Å². The molecule has 2 atom stereocenters. The van der Waals surface area contributed by atoms with Crippen LogP contribution in [0.4, 0.5) is 0 Å². The van der Waals surface area contributed by atoms with Crippen LogP contribution in [0.2, 0.25) is 5.22 Å². The molecule has 0 fully saturated rings. The van der Waals surface area contributed by atoms with E-state index in [1.807, 2.05) is 16.9 Å². The van der Waals surface area contributed by atoms with Gasteiger partial charge in [-0.25, -0.2) is 9.78 Å². The highest BCUT2D eigenvalue weighted by Gasteiger charge is 2.38. The first kappa shape index (κ1) is 20.6. The summed E-state index contributed by atoms with van der Waals surface area (Å²) >= 11 is 9.07. The Bertz CT molecular complexity index is 1440. The van der Waals surface area contributed by atoms with Crippen LogP contribution in [0.1, 0.15) is 21.7 Å². The Kier molecular flexibility index (Phi) is 4.93. The SMILES string of the molecule is Cc1nc(-c2c3c(=O)n(C)c(=O)n(C)c3c3n2C[C@H](CO)S[C@@H]3c2ccc(Cl)o2)cs1. The lowest BCUT2D eigenvalue weighted by atomic mass is 10.2. The topological polar surface area (TPSA) is 95.2 Å². The van der Waals surface area contributed by atoms with Crippen molar-refractivity contribution in [3.8, 4) is 11.4 Å². The zero-order chi connectivity index (χ0) is 22.0. The maximum absolute atomic E-state index is 13.3. The second kappa shape index (κ2) is 7.40. The van der Waals surface area contributed by atoms with Gasteiger partial charge in [0.05, 0.1) is 39.6 Å². The molecule has 162 valence electrons. The molecule has 5 rings (SSSR count). The van der Waals surface area contributed by atoms with Gasteiger partial charge in [-0.1, -0.05) is 0 Å². The monoisotopic (exact) mass is 478 g/mol. The number of aliphatic hydroxyl groups excluding tert-OH is 1. The summed E-state index contributed by atoms with van der Waals surface area (Å²) in [5.41, 5.74) is 1.88. The Labute approximate surface area is 189 Å². The molecular weight excluding hydrogens is 460 g/mol. The van der Waals surface area contributed by atoms with Crippen LogP contribution in [-0.2, 0) is 20.6 Å². The predicted molar refractivity (Wildman–Crippen MR) is 122 cm³/mol. The molecule has 4 aromatic rings. The van der Waals surface area contributed by atoms with E-state index in [0.29, 0.717) is 34.6 Å². The molecular formula is C20H19ClN4O4S2. The molecule has 0 saturated carbocycles. The molecule has 31 heavy (non-hydrogen) atoms. The third kappa shape index (κ3) is 3.04. The zero-order valence-corrected chi connectivity index (χ0v) is 19.3. The van der Waals surface area contributed by atoms with Crippen LogP contribution in [-0.4, -0.2) is 35.6 Å². The summed E-state index contributed by atoms with van der Waals surface area (Å²) in [6, 6.07) is 3.45. The Morgan fingerprint density at radius 3 is 2.68 bits per heavy atom. The normalized spacial score (nSPS) is 18.6. The lowest BCUT2D eigenvalue weighted by Gasteiger charge is -2.30. The van der Waals surface area contributed by atoms with Crippen molar-refractivity contribution in [2.45, 2.75) is 24.0 Å². The molecule has 0 radical (unpaired) electrons. The van der Waals surface area contributed by atoms with Gasteiger partial charge in [-0.2, -0.15) is 0 Å². The van der Waals surface area contributed by atoms with Crippen LogP contribution in [0.25, 0.3) is 22.3 Å². The van der Waals surface area contributed by atoms with E-state index >= 15 is 0 Å². The highest BCUT2D eigenvalue weighted by Crippen LogP contribution is 2.49. The first-order valence-corrected chi connectivity index (χ1v) is 11.8. The van der Waals surface area contributed by atoms with Gasteiger partial charge in [0.1, 0.15) is 11.0 Å². The van der Waals surface area contributed by atoms with Gasteiger partial charge in [0, 0.05) is 31.3 Å². The molecule has 5 heterocycles. The maximum Gasteiger partial charge on any atom is 0.331 e. The van der Waals surface area contributed by atoms with Crippen LogP contribution >= 0.6 is 34.7 Å². The molecule has 1 N–H and O–H groups in total. The van der Waals surface area contributed by atoms with E-state index < -0.39 is 5.69 Å². The minimum absolute atomic E-state index is 0.0456. The van der Waals surface area contributed by atoms with Gasteiger partial charge in [0.2, 0.25) is 0 Å². The lowest BCUT2D eigenvalue weighted by molar-refractivity contribution is 0.283. The van der Waals surface area contributed by atoms with Gasteiger partial charge in [0.15, 0.2) is 5.22 Å². The fraction of sp³-hybridized carbons (Fsp3) is 0.350. The summed E-state index contributed by atoms with van der Waals surface area (Å²) in [6.07, 6.45) is 0. The Morgan fingerprint density at radius 1 is 1.29 bits per heavy atom. The van der Waals surface area contributed by atoms with Gasteiger partial charge in [-0.3, -0.25) is 13.9 Å². The molecule has 1 aliphatic heterocycles. The molecule has 4 aromatic heterocycles. The fourth-order valence-corrected chi connectivity index (χ4v) is 6.29. The highest BCUT2D eigenvalue weighted by atomic mass is 35.5. The summed E-state index contributed by atoms with van der Waals surface area (Å²) in [4.78, 5) is 30.8. The predicted octanol–water partition coefficient (Wildman–Crippen LogP) is 2.91. The molecule has 0 bridgehead atoms. The van der Waals surface area contributed by atoms with Crippen molar-refractivity contribution in [1.82, 2.24) is 18.7 Å². The van der Waals surface area contributed by atoms with E-state index in [-0.39, 0.29) is 27.9 Å². The first-order valence-electron chi connectivity index (χ1n) is 9.58. The van der Waals surface area contributed by atoms with Crippen molar-refractivity contribution in [3.63, 3.8) is 0 Å². The standard InChI is InChI=1S/C20H19ClN4O4S2/c1-9-22-11(8-30-9)15-14-16(23(2)20(28)24(3)19(14)27)17-18(12-4-5-13(21)29-12)31-10(7-26)6-25(15)17/h4-5,8,10,18,26H,6-7H2,1-3H3/t10-,18-/m1/s1.